The predicted octanol–water partition coefficient (Wildman–Crippen LogP) is 2.82. The first-order chi connectivity index (χ1) is 8.72. The molecule has 2 rings (SSSR count). The zero-order chi connectivity index (χ0) is 13.0. The van der Waals surface area contributed by atoms with Crippen LogP contribution in [-0.2, 0) is 6.54 Å². The Morgan fingerprint density at radius 1 is 1.22 bits per heavy atom. The maximum Gasteiger partial charge on any atom is 0.163 e. The van der Waals surface area contributed by atoms with E-state index in [1.807, 2.05) is 17.5 Å². The van der Waals surface area contributed by atoms with E-state index in [4.69, 9.17) is 5.73 Å². The molecule has 1 aromatic carbocycles. The molecule has 5 heteroatoms. The summed E-state index contributed by atoms with van der Waals surface area (Å²) in [7, 11) is 0. The van der Waals surface area contributed by atoms with E-state index in [1.165, 1.54) is 6.07 Å². The zero-order valence-corrected chi connectivity index (χ0v) is 10.5. The van der Waals surface area contributed by atoms with E-state index in [1.54, 1.807) is 17.4 Å². The minimum absolute atomic E-state index is 0.214. The van der Waals surface area contributed by atoms with E-state index >= 15 is 0 Å². The lowest BCUT2D eigenvalue weighted by atomic mass is 10.1. The molecule has 1 unspecified atom stereocenters. The van der Waals surface area contributed by atoms with Crippen molar-refractivity contribution in [2.24, 2.45) is 5.73 Å². The summed E-state index contributed by atoms with van der Waals surface area (Å²) in [5.41, 5.74) is 5.89. The molecule has 0 saturated carbocycles. The standard InChI is InChI=1S/C13H14F2N2S/c14-11-5-1-4-10(13(11)15)12(7-16)17-8-9-3-2-6-18-9/h1-6,12,17H,7-8,16H2. The summed E-state index contributed by atoms with van der Waals surface area (Å²) in [6.07, 6.45) is 0. The average Bonchev–Trinajstić information content (AvgIpc) is 2.88. The van der Waals surface area contributed by atoms with E-state index in [9.17, 15) is 8.78 Å². The molecule has 0 radical (unpaired) electrons. The van der Waals surface area contributed by atoms with Crippen LogP contribution in [0.1, 0.15) is 16.5 Å². The molecule has 0 amide bonds. The highest BCUT2D eigenvalue weighted by atomic mass is 32.1. The Morgan fingerprint density at radius 3 is 2.72 bits per heavy atom. The second-order valence-corrected chi connectivity index (χ2v) is 4.92. The monoisotopic (exact) mass is 268 g/mol. The number of nitrogens with one attached hydrogen (secondary N) is 1. The van der Waals surface area contributed by atoms with Crippen molar-refractivity contribution in [2.45, 2.75) is 12.6 Å². The quantitative estimate of drug-likeness (QED) is 0.875. The fraction of sp³-hybridized carbons (Fsp3) is 0.231. The van der Waals surface area contributed by atoms with Crippen molar-refractivity contribution >= 4 is 11.3 Å². The highest BCUT2D eigenvalue weighted by Crippen LogP contribution is 2.19. The lowest BCUT2D eigenvalue weighted by Crippen LogP contribution is -2.28. The number of thiophene rings is 1. The molecular formula is C13H14F2N2S. The van der Waals surface area contributed by atoms with E-state index in [0.29, 0.717) is 6.54 Å². The summed E-state index contributed by atoms with van der Waals surface area (Å²) >= 11 is 1.61. The van der Waals surface area contributed by atoms with Crippen LogP contribution in [0.5, 0.6) is 0 Å². The Labute approximate surface area is 108 Å². The fourth-order valence-corrected chi connectivity index (χ4v) is 2.40. The number of halogens is 2. The molecule has 0 aliphatic rings. The molecule has 0 aliphatic heterocycles. The highest BCUT2D eigenvalue weighted by Gasteiger charge is 2.16. The molecular weight excluding hydrogens is 254 g/mol. The number of rotatable bonds is 5. The molecule has 0 fully saturated rings. The summed E-state index contributed by atoms with van der Waals surface area (Å²) in [6, 6.07) is 7.68. The van der Waals surface area contributed by atoms with Crippen LogP contribution in [0.3, 0.4) is 0 Å². The smallest absolute Gasteiger partial charge is 0.163 e. The van der Waals surface area contributed by atoms with Crippen molar-refractivity contribution in [3.05, 3.63) is 57.8 Å². The third-order valence-electron chi connectivity index (χ3n) is 2.70. The van der Waals surface area contributed by atoms with Crippen molar-refractivity contribution in [2.75, 3.05) is 6.54 Å². The first kappa shape index (κ1) is 13.1. The van der Waals surface area contributed by atoms with E-state index in [0.717, 1.165) is 10.9 Å². The summed E-state index contributed by atoms with van der Waals surface area (Å²) < 4.78 is 26.8. The predicted molar refractivity (Wildman–Crippen MR) is 69.3 cm³/mol. The summed E-state index contributed by atoms with van der Waals surface area (Å²) in [5.74, 6) is -1.67. The maximum absolute atomic E-state index is 13.6. The van der Waals surface area contributed by atoms with Gasteiger partial charge in [-0.2, -0.15) is 0 Å². The Balaban J connectivity index is 2.10. The molecule has 2 nitrogen and oxygen atoms in total. The fourth-order valence-electron chi connectivity index (χ4n) is 1.75. The van der Waals surface area contributed by atoms with Gasteiger partial charge in [0.05, 0.1) is 0 Å². The molecule has 1 aromatic heterocycles. The Kier molecular flexibility index (Phi) is 4.41. The second kappa shape index (κ2) is 6.04. The normalized spacial score (nSPS) is 12.6. The van der Waals surface area contributed by atoms with Gasteiger partial charge in [-0.3, -0.25) is 0 Å². The van der Waals surface area contributed by atoms with Crippen molar-refractivity contribution in [1.29, 1.82) is 0 Å². The van der Waals surface area contributed by atoms with E-state index in [2.05, 4.69) is 5.32 Å². The lowest BCUT2D eigenvalue weighted by Gasteiger charge is -2.17. The molecule has 0 saturated heterocycles. The minimum Gasteiger partial charge on any atom is -0.329 e. The Hall–Kier alpha value is -1.30. The molecule has 18 heavy (non-hydrogen) atoms. The van der Waals surface area contributed by atoms with Crippen molar-refractivity contribution < 1.29 is 8.78 Å². The third-order valence-corrected chi connectivity index (χ3v) is 3.57. The van der Waals surface area contributed by atoms with Gasteiger partial charge in [0.25, 0.3) is 0 Å². The Bertz CT molecular complexity index is 500. The molecule has 3 N–H and O–H groups in total. The van der Waals surface area contributed by atoms with Gasteiger partial charge in [-0.05, 0) is 17.5 Å². The molecule has 96 valence electrons. The minimum atomic E-state index is -0.844. The van der Waals surface area contributed by atoms with Crippen LogP contribution in [0.4, 0.5) is 8.78 Å². The average molecular weight is 268 g/mol. The molecule has 2 aromatic rings. The van der Waals surface area contributed by atoms with Crippen LogP contribution in [0.15, 0.2) is 35.7 Å². The number of hydrogen-bond acceptors (Lipinski definition) is 3. The van der Waals surface area contributed by atoms with Gasteiger partial charge in [0, 0.05) is 29.6 Å². The number of hydrogen-bond donors (Lipinski definition) is 2. The SMILES string of the molecule is NCC(NCc1cccs1)c1cccc(F)c1F. The molecule has 0 spiro atoms. The largest absolute Gasteiger partial charge is 0.329 e. The zero-order valence-electron chi connectivity index (χ0n) is 9.70. The second-order valence-electron chi connectivity index (χ2n) is 3.89. The Morgan fingerprint density at radius 2 is 2.06 bits per heavy atom. The van der Waals surface area contributed by atoms with Crippen molar-refractivity contribution in [1.82, 2.24) is 5.32 Å². The number of nitrogens with two attached hydrogens (primary N) is 1. The van der Waals surface area contributed by atoms with Gasteiger partial charge in [0.2, 0.25) is 0 Å². The molecule has 1 heterocycles. The van der Waals surface area contributed by atoms with Crippen LogP contribution < -0.4 is 11.1 Å². The first-order valence-electron chi connectivity index (χ1n) is 5.62. The highest BCUT2D eigenvalue weighted by molar-refractivity contribution is 7.09. The van der Waals surface area contributed by atoms with Crippen molar-refractivity contribution in [3.8, 4) is 0 Å². The van der Waals surface area contributed by atoms with Gasteiger partial charge in [0.15, 0.2) is 11.6 Å². The van der Waals surface area contributed by atoms with Gasteiger partial charge < -0.3 is 11.1 Å². The van der Waals surface area contributed by atoms with Gasteiger partial charge in [0.1, 0.15) is 0 Å². The van der Waals surface area contributed by atoms with Crippen LogP contribution in [0.25, 0.3) is 0 Å². The van der Waals surface area contributed by atoms with Crippen LogP contribution in [-0.4, -0.2) is 6.54 Å². The summed E-state index contributed by atoms with van der Waals surface area (Å²) in [5, 5.41) is 5.10. The molecule has 0 bridgehead atoms. The lowest BCUT2D eigenvalue weighted by molar-refractivity contribution is 0.464. The number of benzene rings is 1. The maximum atomic E-state index is 13.6. The summed E-state index contributed by atoms with van der Waals surface area (Å²) in [4.78, 5) is 1.13. The van der Waals surface area contributed by atoms with Crippen molar-refractivity contribution in [3.63, 3.8) is 0 Å². The van der Waals surface area contributed by atoms with Gasteiger partial charge in [-0.25, -0.2) is 8.78 Å². The topological polar surface area (TPSA) is 38.0 Å². The van der Waals surface area contributed by atoms with Gasteiger partial charge in [-0.1, -0.05) is 18.2 Å². The van der Waals surface area contributed by atoms with E-state index in [-0.39, 0.29) is 18.2 Å². The first-order valence-corrected chi connectivity index (χ1v) is 6.50. The van der Waals surface area contributed by atoms with Crippen LogP contribution in [0.2, 0.25) is 0 Å². The molecule has 1 atom stereocenters. The third kappa shape index (κ3) is 2.93. The van der Waals surface area contributed by atoms with Crippen LogP contribution in [0, 0.1) is 11.6 Å². The van der Waals surface area contributed by atoms with Crippen LogP contribution >= 0.6 is 11.3 Å². The van der Waals surface area contributed by atoms with Gasteiger partial charge >= 0.3 is 0 Å². The van der Waals surface area contributed by atoms with E-state index < -0.39 is 11.6 Å². The van der Waals surface area contributed by atoms with Gasteiger partial charge in [-0.15, -0.1) is 11.3 Å². The summed E-state index contributed by atoms with van der Waals surface area (Å²) in [6.45, 7) is 0.807. The molecule has 0 aliphatic carbocycles.